The molecular weight excluding hydrogens is 1140 g/mol. The van der Waals surface area contributed by atoms with Crippen molar-refractivity contribution in [3.63, 3.8) is 0 Å². The van der Waals surface area contributed by atoms with Crippen molar-refractivity contribution in [2.45, 2.75) is 105 Å². The van der Waals surface area contributed by atoms with Crippen LogP contribution in [0.5, 0.6) is 34.5 Å². The largest absolute Gasteiger partial charge is 0.458 e. The summed E-state index contributed by atoms with van der Waals surface area (Å²) in [7, 11) is 0. The molecule has 0 spiro atoms. The molecule has 0 N–H and O–H groups in total. The van der Waals surface area contributed by atoms with Gasteiger partial charge in [-0.2, -0.15) is 0 Å². The Bertz CT molecular complexity index is 5320. The number of rotatable bonds is 0. The molecule has 3 aromatic heterocycles. The number of nitrogens with zero attached hydrogens (tertiary/aromatic N) is 2. The second kappa shape index (κ2) is 21.6. The number of fused-ring (bicyclic) bond motifs is 17. The average molecular weight is 1220 g/mol. The van der Waals surface area contributed by atoms with Crippen LogP contribution in [-0.2, 0) is 21.8 Å². The SMILES string of the molecule is CC(C)(C)c1cc2c3c(c1)Oc1cccc4c1B3c1c(cccc1O2)O4.CC(C)(C)c1cc2c3ccccc3n3c4ccccc4c(c1)c23.CC(C)(C)c1ccc2c(c1)-c1ccccc1-c1ccccc1-c1ccccc1-2.CC(C)(C)n1c2ccccc2c2ccccc21. The Labute approximate surface area is 552 Å². The van der Waals surface area contributed by atoms with Gasteiger partial charge in [-0.3, -0.25) is 0 Å². The molecule has 94 heavy (non-hydrogen) atoms. The normalized spacial score (nSPS) is 13.1. The fourth-order valence-corrected chi connectivity index (χ4v) is 15.1. The van der Waals surface area contributed by atoms with Crippen LogP contribution in [0.3, 0.4) is 0 Å². The first-order valence-electron chi connectivity index (χ1n) is 33.3. The van der Waals surface area contributed by atoms with E-state index in [0.29, 0.717) is 0 Å². The van der Waals surface area contributed by atoms with Crippen LogP contribution in [0.25, 0.3) is 104 Å². The Morgan fingerprint density at radius 2 is 0.564 bits per heavy atom. The highest BCUT2D eigenvalue weighted by Gasteiger charge is 2.47. The van der Waals surface area contributed by atoms with E-state index in [1.54, 1.807) is 0 Å². The van der Waals surface area contributed by atoms with Gasteiger partial charge in [0.05, 0.1) is 16.6 Å². The molecule has 5 nitrogen and oxygen atoms in total. The van der Waals surface area contributed by atoms with E-state index in [0.717, 1.165) is 50.9 Å². The van der Waals surface area contributed by atoms with Crippen molar-refractivity contribution >= 4 is 83.0 Å². The van der Waals surface area contributed by atoms with Gasteiger partial charge in [0.1, 0.15) is 34.5 Å². The van der Waals surface area contributed by atoms with E-state index in [-0.39, 0.29) is 28.5 Å². The van der Waals surface area contributed by atoms with Crippen LogP contribution >= 0.6 is 0 Å². The van der Waals surface area contributed by atoms with Crippen molar-refractivity contribution in [1.82, 2.24) is 8.97 Å². The molecule has 0 amide bonds. The van der Waals surface area contributed by atoms with Gasteiger partial charge in [-0.15, -0.1) is 0 Å². The van der Waals surface area contributed by atoms with E-state index >= 15 is 0 Å². The first-order chi connectivity index (χ1) is 45.2. The van der Waals surface area contributed by atoms with Crippen molar-refractivity contribution in [3.8, 4) is 79.0 Å². The van der Waals surface area contributed by atoms with Gasteiger partial charge in [-0.05, 0) is 177 Å². The van der Waals surface area contributed by atoms with E-state index in [1.807, 2.05) is 36.4 Å². The zero-order chi connectivity index (χ0) is 64.7. The highest BCUT2D eigenvalue weighted by Crippen LogP contribution is 2.50. The molecule has 4 aliphatic rings. The number of para-hydroxylation sites is 4. The van der Waals surface area contributed by atoms with Crippen LogP contribution in [0.1, 0.15) is 99.8 Å². The summed E-state index contributed by atoms with van der Waals surface area (Å²) < 4.78 is 23.7. The lowest BCUT2D eigenvalue weighted by molar-refractivity contribution is 0.423. The van der Waals surface area contributed by atoms with Gasteiger partial charge in [0.25, 0.3) is 6.71 Å². The van der Waals surface area contributed by atoms with Gasteiger partial charge in [0.2, 0.25) is 0 Å². The van der Waals surface area contributed by atoms with Crippen molar-refractivity contribution in [2.24, 2.45) is 0 Å². The predicted molar refractivity (Wildman–Crippen MR) is 398 cm³/mol. The van der Waals surface area contributed by atoms with E-state index in [4.69, 9.17) is 14.2 Å². The van der Waals surface area contributed by atoms with Gasteiger partial charge in [-0.25, -0.2) is 0 Å². The van der Waals surface area contributed by atoms with E-state index in [1.165, 1.54) is 121 Å². The van der Waals surface area contributed by atoms with Crippen LogP contribution in [0.4, 0.5) is 0 Å². The van der Waals surface area contributed by atoms with Crippen LogP contribution in [0.2, 0.25) is 0 Å². The Balaban J connectivity index is 0.000000101. The van der Waals surface area contributed by atoms with E-state index in [2.05, 4.69) is 304 Å². The van der Waals surface area contributed by atoms with Gasteiger partial charge < -0.3 is 23.2 Å². The first kappa shape index (κ1) is 58.8. The molecule has 19 rings (SSSR count). The molecule has 0 fully saturated rings. The van der Waals surface area contributed by atoms with Crippen LogP contribution in [-0.4, -0.2) is 15.7 Å². The molecule has 460 valence electrons. The topological polar surface area (TPSA) is 37.0 Å². The number of benzene rings is 12. The van der Waals surface area contributed by atoms with Gasteiger partial charge in [0, 0.05) is 65.3 Å². The molecule has 0 radical (unpaired) electrons. The van der Waals surface area contributed by atoms with Gasteiger partial charge in [-0.1, -0.05) is 232 Å². The molecule has 0 atom stereocenters. The maximum absolute atomic E-state index is 6.33. The summed E-state index contributed by atoms with van der Waals surface area (Å²) in [5.41, 5.74) is 24.7. The van der Waals surface area contributed by atoms with E-state index < -0.39 is 0 Å². The molecular formula is C88H77BN2O3. The molecule has 6 heteroatoms. The zero-order valence-corrected chi connectivity index (χ0v) is 55.9. The minimum absolute atomic E-state index is 0.0121. The lowest BCUT2D eigenvalue weighted by Gasteiger charge is -2.38. The maximum Gasteiger partial charge on any atom is 0.270 e. The van der Waals surface area contributed by atoms with Crippen molar-refractivity contribution < 1.29 is 14.2 Å². The lowest BCUT2D eigenvalue weighted by Crippen LogP contribution is -2.59. The van der Waals surface area contributed by atoms with Gasteiger partial charge in [0.15, 0.2) is 0 Å². The Morgan fingerprint density at radius 3 is 0.947 bits per heavy atom. The number of hydrogen-bond acceptors (Lipinski definition) is 3. The summed E-state index contributed by atoms with van der Waals surface area (Å²) in [5.74, 6) is 5.28. The van der Waals surface area contributed by atoms with Crippen LogP contribution in [0.15, 0.2) is 249 Å². The summed E-state index contributed by atoms with van der Waals surface area (Å²) in [5, 5.41) is 8.14. The van der Waals surface area contributed by atoms with E-state index in [9.17, 15) is 0 Å². The molecule has 1 aliphatic carbocycles. The molecule has 0 saturated carbocycles. The second-order valence-corrected chi connectivity index (χ2v) is 29.9. The zero-order valence-electron chi connectivity index (χ0n) is 55.9. The second-order valence-electron chi connectivity index (χ2n) is 29.9. The summed E-state index contributed by atoms with van der Waals surface area (Å²) >= 11 is 0. The third-order valence-electron chi connectivity index (χ3n) is 19.7. The monoisotopic (exact) mass is 1220 g/mol. The quantitative estimate of drug-likeness (QED) is 0.142. The summed E-state index contributed by atoms with van der Waals surface area (Å²) in [6.45, 7) is 27.2. The summed E-state index contributed by atoms with van der Waals surface area (Å²) in [6, 6.07) is 89.4. The number of hydrogen-bond donors (Lipinski definition) is 0. The molecule has 15 aromatic rings. The molecule has 0 bridgehead atoms. The standard InChI is InChI=1S/C28H24.C22H17BO3.C22H19N.C16H17N/c1-28(2,3)19-16-17-26-24-14-7-6-12-22(24)20-10-4-5-11-21(20)23-13-8-9-15-25(23)27(26)18-19;1-22(2,3)12-10-17-21-18(11-12)26-16-9-5-7-14-20(16)23(21)19-13(24-14)6-4-8-15(19)25-17;1-22(2,3)14-12-17-15-8-4-6-10-19(15)23-20-11-7-5-9-16(20)18(13-14)21(17)23;1-16(2,3)17-14-10-6-4-8-12(14)13-9-5-7-11-15(13)17/h4-18H,1-3H3;4-11H,1-3H3;4-13H,1-3H3;4-11H,1-3H3. The third kappa shape index (κ3) is 9.58. The Morgan fingerprint density at radius 1 is 0.255 bits per heavy atom. The third-order valence-corrected chi connectivity index (χ3v) is 19.7. The van der Waals surface area contributed by atoms with Crippen molar-refractivity contribution in [3.05, 3.63) is 265 Å². The summed E-state index contributed by atoms with van der Waals surface area (Å²) in [4.78, 5) is 0. The minimum atomic E-state index is 0.0121. The lowest BCUT2D eigenvalue weighted by atomic mass is 9.34. The fourth-order valence-electron chi connectivity index (χ4n) is 15.1. The molecule has 0 saturated heterocycles. The average Bonchev–Trinajstić information content (AvgIpc) is 0.830. The Hall–Kier alpha value is -10.3. The minimum Gasteiger partial charge on any atom is -0.458 e. The summed E-state index contributed by atoms with van der Waals surface area (Å²) in [6.07, 6.45) is 0. The fraction of sp³-hybridized carbons (Fsp3) is 0.182. The molecule has 3 aliphatic heterocycles. The molecule has 6 heterocycles. The molecule has 0 unspecified atom stereocenters. The number of ether oxygens (including phenoxy) is 3. The van der Waals surface area contributed by atoms with Gasteiger partial charge >= 0.3 is 0 Å². The highest BCUT2D eigenvalue weighted by molar-refractivity contribution is 6.99. The number of aromatic nitrogens is 2. The smallest absolute Gasteiger partial charge is 0.270 e. The highest BCUT2D eigenvalue weighted by atomic mass is 16.5. The van der Waals surface area contributed by atoms with Crippen LogP contribution in [0, 0.1) is 0 Å². The Kier molecular flexibility index (Phi) is 13.5. The van der Waals surface area contributed by atoms with Crippen molar-refractivity contribution in [1.29, 1.82) is 0 Å². The van der Waals surface area contributed by atoms with Crippen LogP contribution < -0.4 is 30.6 Å². The first-order valence-corrected chi connectivity index (χ1v) is 33.3. The maximum atomic E-state index is 6.33. The predicted octanol–water partition coefficient (Wildman–Crippen LogP) is 22.5. The van der Waals surface area contributed by atoms with Crippen molar-refractivity contribution in [2.75, 3.05) is 0 Å². The molecule has 12 aromatic carbocycles.